The number of nitrogens with one attached hydrogen (secondary N) is 1. The van der Waals surface area contributed by atoms with Crippen LogP contribution in [-0.4, -0.2) is 42.5 Å². The van der Waals surface area contributed by atoms with Crippen molar-refractivity contribution in [3.8, 4) is 0 Å². The van der Waals surface area contributed by atoms with Crippen LogP contribution in [0.4, 0.5) is 0 Å². The Morgan fingerprint density at radius 1 is 1.50 bits per heavy atom. The monoisotopic (exact) mass is 255 g/mol. The van der Waals surface area contributed by atoms with Gasteiger partial charge in [-0.15, -0.1) is 0 Å². The van der Waals surface area contributed by atoms with Crippen molar-refractivity contribution in [2.45, 2.75) is 58.5 Å². The van der Waals surface area contributed by atoms with Crippen LogP contribution in [0.3, 0.4) is 0 Å². The molecule has 4 heteroatoms. The topological polar surface area (TPSA) is 58.4 Å². The summed E-state index contributed by atoms with van der Waals surface area (Å²) in [6, 6.07) is 0.454. The fourth-order valence-corrected chi connectivity index (χ4v) is 3.08. The maximum absolute atomic E-state index is 11.7. The lowest BCUT2D eigenvalue weighted by Crippen LogP contribution is -2.54. The lowest BCUT2D eigenvalue weighted by molar-refractivity contribution is -0.124. The Bertz CT molecular complexity index is 298. The molecule has 18 heavy (non-hydrogen) atoms. The van der Waals surface area contributed by atoms with Crippen molar-refractivity contribution >= 4 is 5.91 Å². The molecule has 4 nitrogen and oxygen atoms in total. The first-order valence-corrected chi connectivity index (χ1v) is 6.95. The second-order valence-corrected chi connectivity index (χ2v) is 6.85. The molecule has 1 amide bonds. The molecular formula is C14H29N3O. The van der Waals surface area contributed by atoms with Crippen LogP contribution in [-0.2, 0) is 4.79 Å². The van der Waals surface area contributed by atoms with Gasteiger partial charge in [0.2, 0.25) is 5.91 Å². The number of carbonyl (C=O) groups is 1. The number of hydrogen-bond acceptors (Lipinski definition) is 3. The summed E-state index contributed by atoms with van der Waals surface area (Å²) in [5, 5.41) is 3.30. The Hall–Kier alpha value is -0.610. The Morgan fingerprint density at radius 2 is 2.11 bits per heavy atom. The highest BCUT2D eigenvalue weighted by Gasteiger charge is 2.44. The Kier molecular flexibility index (Phi) is 4.78. The number of rotatable bonds is 5. The zero-order chi connectivity index (χ0) is 14.0. The highest BCUT2D eigenvalue weighted by molar-refractivity contribution is 5.85. The lowest BCUT2D eigenvalue weighted by Gasteiger charge is -2.33. The van der Waals surface area contributed by atoms with Gasteiger partial charge in [-0.25, -0.2) is 0 Å². The summed E-state index contributed by atoms with van der Waals surface area (Å²) in [4.78, 5) is 14.1. The van der Waals surface area contributed by atoms with E-state index in [1.807, 2.05) is 6.92 Å². The molecule has 1 fully saturated rings. The van der Waals surface area contributed by atoms with Crippen LogP contribution >= 0.6 is 0 Å². The van der Waals surface area contributed by atoms with Crippen LogP contribution in [0.25, 0.3) is 0 Å². The van der Waals surface area contributed by atoms with Gasteiger partial charge >= 0.3 is 0 Å². The third-order valence-corrected chi connectivity index (χ3v) is 3.82. The molecule has 0 aromatic carbocycles. The first-order valence-electron chi connectivity index (χ1n) is 6.95. The summed E-state index contributed by atoms with van der Waals surface area (Å²) < 4.78 is 0. The SMILES string of the molecule is CCNC1(C(N)=O)CCC(N(C)CC(C)(C)C)C1. The Balaban J connectivity index is 2.66. The predicted molar refractivity (Wildman–Crippen MR) is 75.3 cm³/mol. The summed E-state index contributed by atoms with van der Waals surface area (Å²) in [6.07, 6.45) is 2.74. The average molecular weight is 255 g/mol. The van der Waals surface area contributed by atoms with E-state index < -0.39 is 5.54 Å². The van der Waals surface area contributed by atoms with Gasteiger partial charge in [0, 0.05) is 12.6 Å². The smallest absolute Gasteiger partial charge is 0.237 e. The van der Waals surface area contributed by atoms with E-state index in [1.165, 1.54) is 0 Å². The molecule has 2 unspecified atom stereocenters. The molecule has 0 bridgehead atoms. The second-order valence-electron chi connectivity index (χ2n) is 6.85. The summed E-state index contributed by atoms with van der Waals surface area (Å²) in [6.45, 7) is 10.6. The van der Waals surface area contributed by atoms with Gasteiger partial charge in [0.05, 0.1) is 5.54 Å². The summed E-state index contributed by atoms with van der Waals surface area (Å²) in [7, 11) is 2.15. The first-order chi connectivity index (χ1) is 8.20. The van der Waals surface area contributed by atoms with E-state index in [4.69, 9.17) is 5.73 Å². The molecule has 1 aliphatic rings. The largest absolute Gasteiger partial charge is 0.368 e. The van der Waals surface area contributed by atoms with Crippen LogP contribution in [0.2, 0.25) is 0 Å². The number of nitrogens with two attached hydrogens (primary N) is 1. The zero-order valence-corrected chi connectivity index (χ0v) is 12.5. The molecule has 0 saturated heterocycles. The maximum Gasteiger partial charge on any atom is 0.237 e. The van der Waals surface area contributed by atoms with Gasteiger partial charge in [-0.2, -0.15) is 0 Å². The molecule has 0 radical (unpaired) electrons. The number of amides is 1. The van der Waals surface area contributed by atoms with E-state index in [2.05, 4.69) is 38.0 Å². The van der Waals surface area contributed by atoms with Crippen molar-refractivity contribution in [3.63, 3.8) is 0 Å². The van der Waals surface area contributed by atoms with Crippen molar-refractivity contribution < 1.29 is 4.79 Å². The van der Waals surface area contributed by atoms with Gasteiger partial charge < -0.3 is 16.0 Å². The molecule has 1 saturated carbocycles. The van der Waals surface area contributed by atoms with E-state index in [-0.39, 0.29) is 11.3 Å². The van der Waals surface area contributed by atoms with Crippen LogP contribution in [0.15, 0.2) is 0 Å². The zero-order valence-electron chi connectivity index (χ0n) is 12.5. The van der Waals surface area contributed by atoms with Crippen LogP contribution in [0.5, 0.6) is 0 Å². The highest BCUT2D eigenvalue weighted by Crippen LogP contribution is 2.33. The minimum Gasteiger partial charge on any atom is -0.368 e. The highest BCUT2D eigenvalue weighted by atomic mass is 16.1. The number of carbonyl (C=O) groups excluding carboxylic acids is 1. The van der Waals surface area contributed by atoms with Crippen LogP contribution < -0.4 is 11.1 Å². The quantitative estimate of drug-likeness (QED) is 0.779. The van der Waals surface area contributed by atoms with Crippen LogP contribution in [0, 0.1) is 5.41 Å². The predicted octanol–water partition coefficient (Wildman–Crippen LogP) is 1.35. The molecule has 0 spiro atoms. The molecule has 106 valence electrons. The van der Waals surface area contributed by atoms with Gasteiger partial charge in [-0.05, 0) is 38.3 Å². The molecule has 1 rings (SSSR count). The van der Waals surface area contributed by atoms with Gasteiger partial charge in [-0.3, -0.25) is 4.79 Å². The summed E-state index contributed by atoms with van der Waals surface area (Å²) in [5.74, 6) is -0.198. The average Bonchev–Trinajstić information content (AvgIpc) is 2.61. The Morgan fingerprint density at radius 3 is 2.56 bits per heavy atom. The second kappa shape index (κ2) is 5.57. The van der Waals surface area contributed by atoms with Gasteiger partial charge in [0.15, 0.2) is 0 Å². The van der Waals surface area contributed by atoms with Gasteiger partial charge in [0.1, 0.15) is 0 Å². The van der Waals surface area contributed by atoms with Gasteiger partial charge in [-0.1, -0.05) is 27.7 Å². The minimum atomic E-state index is -0.481. The van der Waals surface area contributed by atoms with E-state index >= 15 is 0 Å². The molecule has 0 aromatic heterocycles. The Labute approximate surface area is 111 Å². The van der Waals surface area contributed by atoms with Crippen molar-refractivity contribution in [2.24, 2.45) is 11.1 Å². The van der Waals surface area contributed by atoms with Gasteiger partial charge in [0.25, 0.3) is 0 Å². The van der Waals surface area contributed by atoms with Crippen LogP contribution in [0.1, 0.15) is 47.0 Å². The summed E-state index contributed by atoms with van der Waals surface area (Å²) >= 11 is 0. The number of primary amides is 1. The van der Waals surface area contributed by atoms with Crippen molar-refractivity contribution in [1.29, 1.82) is 0 Å². The molecule has 1 aliphatic carbocycles. The lowest BCUT2D eigenvalue weighted by atomic mass is 9.94. The standard InChI is InChI=1S/C14H29N3O/c1-6-16-14(12(15)18)8-7-11(9-14)17(5)10-13(2,3)4/h11,16H,6-10H2,1-5H3,(H2,15,18). The van der Waals surface area contributed by atoms with Crippen molar-refractivity contribution in [1.82, 2.24) is 10.2 Å². The maximum atomic E-state index is 11.7. The number of hydrogen-bond donors (Lipinski definition) is 2. The van der Waals surface area contributed by atoms with E-state index in [0.29, 0.717) is 6.04 Å². The van der Waals surface area contributed by atoms with E-state index in [1.54, 1.807) is 0 Å². The number of nitrogens with zero attached hydrogens (tertiary/aromatic N) is 1. The molecule has 0 aliphatic heterocycles. The third kappa shape index (κ3) is 3.69. The first kappa shape index (κ1) is 15.4. The third-order valence-electron chi connectivity index (χ3n) is 3.82. The van der Waals surface area contributed by atoms with E-state index in [0.717, 1.165) is 32.4 Å². The molecule has 0 heterocycles. The van der Waals surface area contributed by atoms with E-state index in [9.17, 15) is 4.79 Å². The minimum absolute atomic E-state index is 0.198. The molecule has 0 aromatic rings. The fourth-order valence-electron chi connectivity index (χ4n) is 3.08. The normalized spacial score (nSPS) is 28.9. The molecule has 2 atom stereocenters. The summed E-state index contributed by atoms with van der Waals surface area (Å²) in [5.41, 5.74) is 5.39. The number of likely N-dealkylation sites (N-methyl/N-ethyl adjacent to an activating group) is 1. The molecular weight excluding hydrogens is 226 g/mol. The van der Waals surface area contributed by atoms with Crippen molar-refractivity contribution in [3.05, 3.63) is 0 Å². The molecule has 3 N–H and O–H groups in total. The van der Waals surface area contributed by atoms with Crippen molar-refractivity contribution in [2.75, 3.05) is 20.1 Å². The fraction of sp³-hybridized carbons (Fsp3) is 0.929.